The van der Waals surface area contributed by atoms with E-state index in [0.29, 0.717) is 23.9 Å². The summed E-state index contributed by atoms with van der Waals surface area (Å²) in [5.74, 6) is -0.273. The second-order valence-electron chi connectivity index (χ2n) is 3.46. The number of nitrogens with zero attached hydrogens (tertiary/aromatic N) is 2. The van der Waals surface area contributed by atoms with E-state index in [1.807, 2.05) is 6.92 Å². The largest absolute Gasteiger partial charge is 0.480 e. The fourth-order valence-corrected chi connectivity index (χ4v) is 2.21. The molecule has 1 unspecified atom stereocenters. The van der Waals surface area contributed by atoms with Crippen LogP contribution in [0.15, 0.2) is 9.95 Å². The summed E-state index contributed by atoms with van der Waals surface area (Å²) in [7, 11) is 1.62. The van der Waals surface area contributed by atoms with Crippen molar-refractivity contribution in [2.75, 3.05) is 12.3 Å². The summed E-state index contributed by atoms with van der Waals surface area (Å²) in [5, 5.41) is 18.5. The molecule has 1 rings (SSSR count). The van der Waals surface area contributed by atoms with Crippen molar-refractivity contribution < 1.29 is 9.90 Å². The molecular weight excluding hydrogens is 244 g/mol. The van der Waals surface area contributed by atoms with Gasteiger partial charge in [-0.05, 0) is 13.0 Å². The number of thioether (sulfide) groups is 1. The predicted octanol–water partition coefficient (Wildman–Crippen LogP) is -0.347. The summed E-state index contributed by atoms with van der Waals surface area (Å²) < 4.78 is 1.40. The van der Waals surface area contributed by atoms with E-state index in [-0.39, 0.29) is 5.69 Å². The van der Waals surface area contributed by atoms with Crippen LogP contribution in [0.3, 0.4) is 0 Å². The molecule has 0 fully saturated rings. The van der Waals surface area contributed by atoms with E-state index in [4.69, 9.17) is 5.11 Å². The van der Waals surface area contributed by atoms with Gasteiger partial charge in [-0.15, -0.1) is 5.10 Å². The molecule has 96 valence electrons. The molecule has 1 aromatic heterocycles. The minimum atomic E-state index is -0.858. The smallest absolute Gasteiger partial charge is 0.343 e. The number of aliphatic carboxylic acids is 1. The van der Waals surface area contributed by atoms with Crippen molar-refractivity contribution in [3.05, 3.63) is 10.5 Å². The Kier molecular flexibility index (Phi) is 5.23. The molecule has 0 aliphatic carbocycles. The van der Waals surface area contributed by atoms with Crippen LogP contribution in [0.25, 0.3) is 0 Å². The Morgan fingerprint density at radius 3 is 2.88 bits per heavy atom. The second kappa shape index (κ2) is 6.45. The van der Waals surface area contributed by atoms with Crippen molar-refractivity contribution in [3.63, 3.8) is 0 Å². The molecule has 1 atom stereocenters. The third-order valence-electron chi connectivity index (χ3n) is 2.23. The van der Waals surface area contributed by atoms with Crippen molar-refractivity contribution in [2.45, 2.75) is 24.5 Å². The van der Waals surface area contributed by atoms with E-state index in [2.05, 4.69) is 15.5 Å². The van der Waals surface area contributed by atoms with Crippen LogP contribution < -0.4 is 11.0 Å². The molecule has 0 spiro atoms. The van der Waals surface area contributed by atoms with Crippen LogP contribution in [0, 0.1) is 0 Å². The van der Waals surface area contributed by atoms with Crippen LogP contribution in [-0.4, -0.2) is 44.2 Å². The molecule has 17 heavy (non-hydrogen) atoms. The molecule has 0 bridgehead atoms. The number of hydrogen-bond donors (Lipinski definition) is 3. The number of likely N-dealkylation sites (N-methyl/N-ethyl adjacent to an activating group) is 1. The van der Waals surface area contributed by atoms with Crippen LogP contribution in [0.4, 0.5) is 0 Å². The van der Waals surface area contributed by atoms with Gasteiger partial charge in [0, 0.05) is 12.8 Å². The topological polar surface area (TPSA) is 100 Å². The minimum Gasteiger partial charge on any atom is -0.480 e. The fraction of sp³-hybridized carbons (Fsp3) is 0.667. The van der Waals surface area contributed by atoms with E-state index >= 15 is 0 Å². The minimum absolute atomic E-state index is 0.269. The number of carbonyl (C=O) groups is 1. The van der Waals surface area contributed by atoms with Crippen molar-refractivity contribution >= 4 is 17.7 Å². The molecule has 0 saturated heterocycles. The van der Waals surface area contributed by atoms with E-state index in [9.17, 15) is 9.59 Å². The molecule has 0 aliphatic rings. The summed E-state index contributed by atoms with van der Waals surface area (Å²) >= 11 is 1.36. The first-order valence-electron chi connectivity index (χ1n) is 5.26. The normalized spacial score (nSPS) is 12.6. The molecular formula is C9H16N4O3S. The van der Waals surface area contributed by atoms with Gasteiger partial charge in [-0.25, -0.2) is 9.89 Å². The quantitative estimate of drug-likeness (QED) is 0.580. The molecule has 8 heteroatoms. The lowest BCUT2D eigenvalue weighted by molar-refractivity contribution is -0.139. The van der Waals surface area contributed by atoms with Gasteiger partial charge in [0.1, 0.15) is 6.04 Å². The Balaban J connectivity index is 2.43. The highest BCUT2D eigenvalue weighted by atomic mass is 32.2. The summed E-state index contributed by atoms with van der Waals surface area (Å²) in [4.78, 5) is 21.9. The molecule has 0 amide bonds. The number of carboxylic acid groups (broad SMARTS) is 1. The average Bonchev–Trinajstić information content (AvgIpc) is 2.59. The van der Waals surface area contributed by atoms with Gasteiger partial charge in [-0.1, -0.05) is 18.7 Å². The lowest BCUT2D eigenvalue weighted by atomic mass is 10.2. The predicted molar refractivity (Wildman–Crippen MR) is 64.3 cm³/mol. The van der Waals surface area contributed by atoms with Gasteiger partial charge < -0.3 is 10.4 Å². The highest BCUT2D eigenvalue weighted by Crippen LogP contribution is 2.14. The third-order valence-corrected chi connectivity index (χ3v) is 3.29. The van der Waals surface area contributed by atoms with Crippen molar-refractivity contribution in [3.8, 4) is 0 Å². The first-order chi connectivity index (χ1) is 8.06. The standard InChI is InChI=1S/C9H16N4O3S/c1-3-10-6(7(14)15)4-5-17-9-12-11-8(16)13(9)2/h6,10H,3-5H2,1-2H3,(H,11,16)(H,14,15). The fourth-order valence-electron chi connectivity index (χ4n) is 1.29. The number of nitrogens with one attached hydrogen (secondary N) is 2. The van der Waals surface area contributed by atoms with Gasteiger partial charge in [0.25, 0.3) is 0 Å². The first-order valence-corrected chi connectivity index (χ1v) is 6.25. The van der Waals surface area contributed by atoms with E-state index in [1.54, 1.807) is 7.05 Å². The molecule has 0 aromatic carbocycles. The second-order valence-corrected chi connectivity index (χ2v) is 4.52. The number of rotatable bonds is 7. The van der Waals surface area contributed by atoms with Crippen LogP contribution in [0.1, 0.15) is 13.3 Å². The molecule has 0 aliphatic heterocycles. The molecule has 7 nitrogen and oxygen atoms in total. The Morgan fingerprint density at radius 1 is 1.71 bits per heavy atom. The highest BCUT2D eigenvalue weighted by Gasteiger charge is 2.16. The Labute approximate surface area is 103 Å². The third kappa shape index (κ3) is 3.90. The van der Waals surface area contributed by atoms with Crippen LogP contribution in [0.2, 0.25) is 0 Å². The Hall–Kier alpha value is -1.28. The molecule has 1 aromatic rings. The number of aromatic nitrogens is 3. The van der Waals surface area contributed by atoms with E-state index in [0.717, 1.165) is 0 Å². The van der Waals surface area contributed by atoms with Crippen LogP contribution in [-0.2, 0) is 11.8 Å². The van der Waals surface area contributed by atoms with Crippen LogP contribution in [0.5, 0.6) is 0 Å². The van der Waals surface area contributed by atoms with E-state index in [1.165, 1.54) is 16.3 Å². The maximum atomic E-state index is 11.1. The zero-order valence-corrected chi connectivity index (χ0v) is 10.6. The first kappa shape index (κ1) is 13.8. The number of carboxylic acids is 1. The monoisotopic (exact) mass is 260 g/mol. The summed E-state index contributed by atoms with van der Waals surface area (Å²) in [6.07, 6.45) is 0.481. The number of H-pyrrole nitrogens is 1. The zero-order chi connectivity index (χ0) is 12.8. The van der Waals surface area contributed by atoms with Gasteiger partial charge in [0.15, 0.2) is 5.16 Å². The number of aromatic amines is 1. The Morgan fingerprint density at radius 2 is 2.41 bits per heavy atom. The van der Waals surface area contributed by atoms with Crippen molar-refractivity contribution in [1.82, 2.24) is 20.1 Å². The Bertz CT molecular complexity index is 428. The molecule has 0 radical (unpaired) electrons. The van der Waals surface area contributed by atoms with Crippen LogP contribution >= 0.6 is 11.8 Å². The highest BCUT2D eigenvalue weighted by molar-refractivity contribution is 7.99. The molecule has 3 N–H and O–H groups in total. The lowest BCUT2D eigenvalue weighted by Crippen LogP contribution is -2.36. The zero-order valence-electron chi connectivity index (χ0n) is 9.77. The molecule has 1 heterocycles. The summed E-state index contributed by atoms with van der Waals surface area (Å²) in [5.41, 5.74) is -0.269. The van der Waals surface area contributed by atoms with Crippen molar-refractivity contribution in [2.24, 2.45) is 7.05 Å². The van der Waals surface area contributed by atoms with Gasteiger partial charge in [-0.3, -0.25) is 9.36 Å². The maximum absolute atomic E-state index is 11.1. The van der Waals surface area contributed by atoms with Gasteiger partial charge in [0.2, 0.25) is 0 Å². The van der Waals surface area contributed by atoms with Gasteiger partial charge >= 0.3 is 11.7 Å². The number of hydrogen-bond acceptors (Lipinski definition) is 5. The summed E-state index contributed by atoms with van der Waals surface area (Å²) in [6, 6.07) is -0.552. The van der Waals surface area contributed by atoms with E-state index < -0.39 is 12.0 Å². The summed E-state index contributed by atoms with van der Waals surface area (Å²) in [6.45, 7) is 2.48. The molecule has 0 saturated carbocycles. The SMILES string of the molecule is CCNC(CCSc1n[nH]c(=O)n1C)C(=O)O. The van der Waals surface area contributed by atoms with Crippen molar-refractivity contribution in [1.29, 1.82) is 0 Å². The lowest BCUT2D eigenvalue weighted by Gasteiger charge is -2.11. The van der Waals surface area contributed by atoms with Gasteiger partial charge in [-0.2, -0.15) is 0 Å². The maximum Gasteiger partial charge on any atom is 0.343 e. The average molecular weight is 260 g/mol. The van der Waals surface area contributed by atoms with Gasteiger partial charge in [0.05, 0.1) is 0 Å².